The Hall–Kier alpha value is -3.23. The van der Waals surface area contributed by atoms with Gasteiger partial charge in [-0.15, -0.1) is 0 Å². The Labute approximate surface area is 123 Å². The van der Waals surface area contributed by atoms with Crippen molar-refractivity contribution in [2.24, 2.45) is 0 Å². The first-order valence-electron chi connectivity index (χ1n) is 6.13. The number of aromatic hydroxyl groups is 1. The number of benzene rings is 1. The van der Waals surface area contributed by atoms with E-state index in [2.05, 4.69) is 9.97 Å². The van der Waals surface area contributed by atoms with Crippen LogP contribution in [0.15, 0.2) is 29.1 Å². The molecular weight excluding hydrogens is 295 g/mol. The van der Waals surface area contributed by atoms with Crippen LogP contribution in [0, 0.1) is 10.1 Å². The summed E-state index contributed by atoms with van der Waals surface area (Å²) in [6.07, 6.45) is -0.500. The molecular formula is C13H11N3O6. The molecule has 0 unspecified atom stereocenters. The van der Waals surface area contributed by atoms with Gasteiger partial charge in [0.25, 0.3) is 11.2 Å². The molecule has 0 amide bonds. The van der Waals surface area contributed by atoms with E-state index < -0.39 is 28.8 Å². The lowest BCUT2D eigenvalue weighted by Crippen LogP contribution is -2.19. The van der Waals surface area contributed by atoms with Gasteiger partial charge in [-0.05, 0) is 5.56 Å². The van der Waals surface area contributed by atoms with Crippen LogP contribution in [0.3, 0.4) is 0 Å². The Bertz CT molecular complexity index is 781. The number of H-pyrrole nitrogens is 1. The first-order valence-corrected chi connectivity index (χ1v) is 6.13. The molecule has 9 heteroatoms. The highest BCUT2D eigenvalue weighted by atomic mass is 16.6. The second-order valence-electron chi connectivity index (χ2n) is 4.49. The van der Waals surface area contributed by atoms with Gasteiger partial charge in [-0.2, -0.15) is 4.98 Å². The summed E-state index contributed by atoms with van der Waals surface area (Å²) in [5, 5.41) is 28.8. The minimum Gasteiger partial charge on any atom is -0.493 e. The summed E-state index contributed by atoms with van der Waals surface area (Å²) in [4.78, 5) is 38.5. The van der Waals surface area contributed by atoms with Crippen molar-refractivity contribution in [1.82, 2.24) is 9.97 Å². The molecule has 3 N–H and O–H groups in total. The standard InChI is InChI=1S/C13H11N3O6/c17-11(18)6-9-12(19)14-10(15-13(9)20)5-7-1-3-8(4-2-7)16(21)22/h1-4H,5-6H2,(H,17,18)(H2,14,15,19,20)/i1+1. The van der Waals surface area contributed by atoms with Gasteiger partial charge in [0, 0.05) is 18.6 Å². The van der Waals surface area contributed by atoms with Crippen molar-refractivity contribution in [3.05, 3.63) is 61.7 Å². The molecule has 9 nitrogen and oxygen atoms in total. The molecule has 0 spiro atoms. The molecule has 1 heterocycles. The van der Waals surface area contributed by atoms with E-state index in [9.17, 15) is 24.8 Å². The Balaban J connectivity index is 2.25. The normalized spacial score (nSPS) is 10.4. The van der Waals surface area contributed by atoms with Gasteiger partial charge in [-0.3, -0.25) is 19.7 Å². The van der Waals surface area contributed by atoms with Gasteiger partial charge in [0.05, 0.1) is 16.9 Å². The van der Waals surface area contributed by atoms with E-state index in [0.717, 1.165) is 0 Å². The van der Waals surface area contributed by atoms with Crippen molar-refractivity contribution < 1.29 is 19.9 Å². The number of nitro groups is 1. The van der Waals surface area contributed by atoms with Crippen molar-refractivity contribution in [2.75, 3.05) is 0 Å². The number of carbonyl (C=O) groups is 1. The fourth-order valence-corrected chi connectivity index (χ4v) is 1.85. The Morgan fingerprint density at radius 1 is 1.32 bits per heavy atom. The van der Waals surface area contributed by atoms with Crippen LogP contribution in [-0.4, -0.2) is 31.1 Å². The molecule has 0 atom stereocenters. The lowest BCUT2D eigenvalue weighted by molar-refractivity contribution is -0.384. The van der Waals surface area contributed by atoms with Gasteiger partial charge >= 0.3 is 5.97 Å². The number of nitro benzene ring substituents is 1. The first kappa shape index (κ1) is 15.2. The van der Waals surface area contributed by atoms with Crippen LogP contribution in [0.25, 0.3) is 0 Å². The van der Waals surface area contributed by atoms with Crippen molar-refractivity contribution in [3.8, 4) is 5.88 Å². The average molecular weight is 306 g/mol. The number of nitrogens with zero attached hydrogens (tertiary/aromatic N) is 2. The molecule has 0 bridgehead atoms. The Morgan fingerprint density at radius 2 is 1.95 bits per heavy atom. The molecule has 0 saturated heterocycles. The lowest BCUT2D eigenvalue weighted by Gasteiger charge is -2.05. The van der Waals surface area contributed by atoms with E-state index >= 15 is 0 Å². The molecule has 2 aromatic rings. The van der Waals surface area contributed by atoms with Crippen molar-refractivity contribution in [2.45, 2.75) is 12.8 Å². The summed E-state index contributed by atoms with van der Waals surface area (Å²) >= 11 is 0. The number of nitrogens with one attached hydrogen (secondary N) is 1. The number of aromatic amines is 1. The summed E-state index contributed by atoms with van der Waals surface area (Å²) < 4.78 is 0. The molecule has 0 aliphatic heterocycles. The minimum atomic E-state index is -1.26. The summed E-state index contributed by atoms with van der Waals surface area (Å²) in [7, 11) is 0. The average Bonchev–Trinajstić information content (AvgIpc) is 2.43. The predicted octanol–water partition coefficient (Wildman–Crippen LogP) is 0.602. The monoisotopic (exact) mass is 306 g/mol. The Morgan fingerprint density at radius 3 is 2.45 bits per heavy atom. The third-order valence-electron chi connectivity index (χ3n) is 2.89. The molecule has 22 heavy (non-hydrogen) atoms. The maximum atomic E-state index is 11.7. The fraction of sp³-hybridized carbons (Fsp3) is 0.154. The number of aliphatic carboxylic acids is 1. The SMILES string of the molecule is O=C(O)Cc1c(O)nc(Cc2ccc([N+](=O)[O-])c[13cH]2)[nH]c1=O. The molecule has 0 aliphatic carbocycles. The number of carboxylic acids is 1. The van der Waals surface area contributed by atoms with E-state index in [1.807, 2.05) is 0 Å². The highest BCUT2D eigenvalue weighted by Gasteiger charge is 2.14. The lowest BCUT2D eigenvalue weighted by atomic mass is 10.2. The maximum absolute atomic E-state index is 11.7. The van der Waals surface area contributed by atoms with E-state index in [0.29, 0.717) is 5.56 Å². The highest BCUT2D eigenvalue weighted by Crippen LogP contribution is 2.15. The van der Waals surface area contributed by atoms with Crippen LogP contribution in [0.5, 0.6) is 5.88 Å². The van der Waals surface area contributed by atoms with Crippen LogP contribution < -0.4 is 5.56 Å². The van der Waals surface area contributed by atoms with Crippen molar-refractivity contribution >= 4 is 11.7 Å². The third kappa shape index (κ3) is 3.45. The van der Waals surface area contributed by atoms with Crippen LogP contribution in [-0.2, 0) is 17.6 Å². The topological polar surface area (TPSA) is 146 Å². The van der Waals surface area contributed by atoms with Crippen LogP contribution in [0.4, 0.5) is 5.69 Å². The van der Waals surface area contributed by atoms with Gasteiger partial charge in [-0.1, -0.05) is 12.1 Å². The zero-order chi connectivity index (χ0) is 16.3. The molecule has 114 valence electrons. The minimum absolute atomic E-state index is 0.0649. The van der Waals surface area contributed by atoms with E-state index in [1.54, 1.807) is 0 Å². The molecule has 1 aromatic carbocycles. The van der Waals surface area contributed by atoms with Crippen LogP contribution in [0.2, 0.25) is 0 Å². The van der Waals surface area contributed by atoms with Crippen molar-refractivity contribution in [3.63, 3.8) is 0 Å². The van der Waals surface area contributed by atoms with E-state index in [1.165, 1.54) is 24.3 Å². The highest BCUT2D eigenvalue weighted by molar-refractivity contribution is 5.70. The summed E-state index contributed by atoms with van der Waals surface area (Å²) in [5.41, 5.74) is -0.476. The molecule has 1 aromatic heterocycles. The number of hydrogen-bond acceptors (Lipinski definition) is 6. The zero-order valence-corrected chi connectivity index (χ0v) is 11.1. The van der Waals surface area contributed by atoms with Gasteiger partial charge in [-0.25, -0.2) is 0 Å². The molecule has 0 fully saturated rings. The smallest absolute Gasteiger partial charge is 0.308 e. The quantitative estimate of drug-likeness (QED) is 0.541. The van der Waals surface area contributed by atoms with Gasteiger partial charge in [0.1, 0.15) is 5.82 Å². The van der Waals surface area contributed by atoms with Gasteiger partial charge < -0.3 is 15.2 Å². The van der Waals surface area contributed by atoms with Crippen molar-refractivity contribution in [1.29, 1.82) is 0 Å². The van der Waals surface area contributed by atoms with Crippen LogP contribution >= 0.6 is 0 Å². The summed E-state index contributed by atoms with van der Waals surface area (Å²) in [6, 6.07) is 5.62. The van der Waals surface area contributed by atoms with Crippen LogP contribution in [0.1, 0.15) is 17.0 Å². The first-order chi connectivity index (χ1) is 10.4. The third-order valence-corrected chi connectivity index (χ3v) is 2.89. The fourth-order valence-electron chi connectivity index (χ4n) is 1.85. The second-order valence-corrected chi connectivity index (χ2v) is 4.49. The van der Waals surface area contributed by atoms with Gasteiger partial charge in [0.2, 0.25) is 5.88 Å². The molecule has 2 rings (SSSR count). The number of non-ortho nitro benzene ring substituents is 1. The summed E-state index contributed by atoms with van der Waals surface area (Å²) in [5.74, 6) is -1.76. The second kappa shape index (κ2) is 6.04. The zero-order valence-electron chi connectivity index (χ0n) is 11.1. The number of aromatic nitrogens is 2. The van der Waals surface area contributed by atoms with E-state index in [-0.39, 0.29) is 23.5 Å². The molecule has 0 saturated carbocycles. The van der Waals surface area contributed by atoms with Gasteiger partial charge in [0.15, 0.2) is 0 Å². The molecule has 0 radical (unpaired) electrons. The number of carboxylic acid groups (broad SMARTS) is 1. The maximum Gasteiger partial charge on any atom is 0.308 e. The number of rotatable bonds is 5. The Kier molecular flexibility index (Phi) is 4.16. The molecule has 0 aliphatic rings. The summed E-state index contributed by atoms with van der Waals surface area (Å²) in [6.45, 7) is 0. The predicted molar refractivity (Wildman–Crippen MR) is 73.8 cm³/mol. The largest absolute Gasteiger partial charge is 0.493 e. The van der Waals surface area contributed by atoms with E-state index in [4.69, 9.17) is 5.11 Å². The number of hydrogen-bond donors (Lipinski definition) is 3.